The van der Waals surface area contributed by atoms with Crippen molar-refractivity contribution in [3.63, 3.8) is 0 Å². The van der Waals surface area contributed by atoms with E-state index >= 15 is 0 Å². The second kappa shape index (κ2) is 3.86. The maximum atomic E-state index is 11.7. The van der Waals surface area contributed by atoms with Gasteiger partial charge in [-0.2, -0.15) is 0 Å². The molecule has 0 radical (unpaired) electrons. The van der Waals surface area contributed by atoms with Gasteiger partial charge in [0.1, 0.15) is 5.69 Å². The summed E-state index contributed by atoms with van der Waals surface area (Å²) in [4.78, 5) is 19.0. The lowest BCUT2D eigenvalue weighted by atomic mass is 10.1. The van der Waals surface area contributed by atoms with Crippen molar-refractivity contribution in [2.75, 3.05) is 5.88 Å². The first-order valence-corrected chi connectivity index (χ1v) is 5.79. The number of pyridine rings is 1. The van der Waals surface area contributed by atoms with E-state index in [0.29, 0.717) is 5.69 Å². The number of carbonyl (C=O) groups is 1. The molecule has 4 heteroatoms. The lowest BCUT2D eigenvalue weighted by molar-refractivity contribution is 0.101. The number of ketones is 1. The topological polar surface area (TPSA) is 45.8 Å². The molecule has 0 spiro atoms. The van der Waals surface area contributed by atoms with Gasteiger partial charge in [0, 0.05) is 22.5 Å². The summed E-state index contributed by atoms with van der Waals surface area (Å²) < 4.78 is 0. The predicted molar refractivity (Wildman–Crippen MR) is 68.7 cm³/mol. The number of alkyl halides is 1. The smallest absolute Gasteiger partial charge is 0.198 e. The highest BCUT2D eigenvalue weighted by molar-refractivity contribution is 6.31. The van der Waals surface area contributed by atoms with Crippen molar-refractivity contribution in [3.8, 4) is 0 Å². The van der Waals surface area contributed by atoms with Gasteiger partial charge in [0.05, 0.1) is 11.4 Å². The molecule has 1 N–H and O–H groups in total. The van der Waals surface area contributed by atoms with Crippen LogP contribution in [-0.4, -0.2) is 21.6 Å². The summed E-state index contributed by atoms with van der Waals surface area (Å²) in [6.45, 7) is 0. The van der Waals surface area contributed by atoms with Crippen LogP contribution in [0.5, 0.6) is 0 Å². The van der Waals surface area contributed by atoms with Crippen LogP contribution in [0.4, 0.5) is 0 Å². The molecule has 0 aliphatic heterocycles. The number of carbonyl (C=O) groups excluding carboxylic acids is 1. The number of hydrogen-bond acceptors (Lipinski definition) is 2. The predicted octanol–water partition coefficient (Wildman–Crippen LogP) is 3.14. The van der Waals surface area contributed by atoms with Gasteiger partial charge in [-0.05, 0) is 12.1 Å². The normalized spacial score (nSPS) is 11.1. The first kappa shape index (κ1) is 10.3. The minimum Gasteiger partial charge on any atom is -0.353 e. The largest absolute Gasteiger partial charge is 0.353 e. The molecule has 0 unspecified atom stereocenters. The number of H-pyrrole nitrogens is 1. The fourth-order valence-corrected chi connectivity index (χ4v) is 2.18. The quantitative estimate of drug-likeness (QED) is 0.556. The molecule has 0 saturated heterocycles. The summed E-state index contributed by atoms with van der Waals surface area (Å²) in [6, 6.07) is 9.82. The minimum absolute atomic E-state index is 0.0541. The Kier molecular flexibility index (Phi) is 2.34. The number of halogens is 1. The van der Waals surface area contributed by atoms with Crippen LogP contribution in [-0.2, 0) is 0 Å². The molecule has 3 rings (SSSR count). The minimum atomic E-state index is -0.163. The number of rotatable bonds is 2. The molecule has 0 bridgehead atoms. The van der Waals surface area contributed by atoms with E-state index in [9.17, 15) is 4.79 Å². The monoisotopic (exact) mass is 244 g/mol. The number of aromatic nitrogens is 2. The Bertz CT molecular complexity index is 718. The third-order valence-electron chi connectivity index (χ3n) is 2.81. The molecule has 0 atom stereocenters. The van der Waals surface area contributed by atoms with E-state index in [1.807, 2.05) is 30.3 Å². The van der Waals surface area contributed by atoms with Gasteiger partial charge < -0.3 is 4.98 Å². The van der Waals surface area contributed by atoms with Crippen LogP contribution in [0.3, 0.4) is 0 Å². The second-order valence-electron chi connectivity index (χ2n) is 3.81. The molecular weight excluding hydrogens is 236 g/mol. The van der Waals surface area contributed by atoms with Gasteiger partial charge in [0.15, 0.2) is 5.78 Å². The summed E-state index contributed by atoms with van der Waals surface area (Å²) in [5, 5.41) is 2.09. The molecule has 3 nitrogen and oxygen atoms in total. The highest BCUT2D eigenvalue weighted by Gasteiger charge is 2.13. The molecule has 0 fully saturated rings. The lowest BCUT2D eigenvalue weighted by Crippen LogP contribution is -2.03. The van der Waals surface area contributed by atoms with E-state index < -0.39 is 0 Å². The van der Waals surface area contributed by atoms with E-state index in [-0.39, 0.29) is 11.7 Å². The molecule has 0 aliphatic carbocycles. The van der Waals surface area contributed by atoms with Crippen LogP contribution in [0.2, 0.25) is 0 Å². The number of fused-ring (bicyclic) bond motifs is 3. The molecule has 2 heterocycles. The van der Waals surface area contributed by atoms with Crippen molar-refractivity contribution in [1.82, 2.24) is 9.97 Å². The average molecular weight is 245 g/mol. The molecular formula is C13H9ClN2O. The molecule has 1 aromatic carbocycles. The van der Waals surface area contributed by atoms with E-state index in [1.54, 1.807) is 6.20 Å². The molecule has 0 aliphatic rings. The molecule has 2 aromatic heterocycles. The van der Waals surface area contributed by atoms with Gasteiger partial charge in [-0.15, -0.1) is 11.6 Å². The summed E-state index contributed by atoms with van der Waals surface area (Å²) in [7, 11) is 0. The number of hydrogen-bond donors (Lipinski definition) is 1. The maximum absolute atomic E-state index is 11.7. The lowest BCUT2D eigenvalue weighted by Gasteiger charge is -1.97. The Morgan fingerprint density at radius 1 is 1.24 bits per heavy atom. The van der Waals surface area contributed by atoms with E-state index in [0.717, 1.165) is 21.8 Å². The molecule has 84 valence electrons. The standard InChI is InChI=1S/C13H9ClN2O/c14-7-11(17)13-12-9(5-6-15-13)8-3-1-2-4-10(8)16-12/h1-6,16H,7H2. The van der Waals surface area contributed by atoms with Crippen LogP contribution in [0, 0.1) is 0 Å². The summed E-state index contributed by atoms with van der Waals surface area (Å²) in [6.07, 6.45) is 1.64. The van der Waals surface area contributed by atoms with Gasteiger partial charge in [-0.3, -0.25) is 9.78 Å². The summed E-state index contributed by atoms with van der Waals surface area (Å²) in [5.74, 6) is -0.217. The number of Topliss-reactive ketones (excluding diaryl/α,β-unsaturated/α-hetero) is 1. The second-order valence-corrected chi connectivity index (χ2v) is 4.08. The Hall–Kier alpha value is -1.87. The van der Waals surface area contributed by atoms with E-state index in [1.165, 1.54) is 0 Å². The highest BCUT2D eigenvalue weighted by atomic mass is 35.5. The van der Waals surface area contributed by atoms with Crippen molar-refractivity contribution in [2.45, 2.75) is 0 Å². The van der Waals surface area contributed by atoms with Crippen LogP contribution >= 0.6 is 11.6 Å². The zero-order chi connectivity index (χ0) is 11.8. The third kappa shape index (κ3) is 1.51. The number of nitrogens with zero attached hydrogens (tertiary/aromatic N) is 1. The number of aromatic amines is 1. The molecule has 0 saturated carbocycles. The van der Waals surface area contributed by atoms with Gasteiger partial charge in [-0.25, -0.2) is 0 Å². The van der Waals surface area contributed by atoms with Crippen LogP contribution in [0.25, 0.3) is 21.8 Å². The number of benzene rings is 1. The zero-order valence-electron chi connectivity index (χ0n) is 8.90. The Morgan fingerprint density at radius 2 is 2.06 bits per heavy atom. The Labute approximate surface area is 102 Å². The first-order chi connectivity index (χ1) is 8.31. The van der Waals surface area contributed by atoms with Gasteiger partial charge in [-0.1, -0.05) is 18.2 Å². The summed E-state index contributed by atoms with van der Waals surface area (Å²) >= 11 is 5.58. The highest BCUT2D eigenvalue weighted by Crippen LogP contribution is 2.26. The van der Waals surface area contributed by atoms with Crippen LogP contribution in [0.1, 0.15) is 10.5 Å². The SMILES string of the molecule is O=C(CCl)c1nccc2c1[nH]c1ccccc12. The van der Waals surface area contributed by atoms with Gasteiger partial charge >= 0.3 is 0 Å². The molecule has 17 heavy (non-hydrogen) atoms. The van der Waals surface area contributed by atoms with Gasteiger partial charge in [0.2, 0.25) is 0 Å². The number of nitrogens with one attached hydrogen (secondary N) is 1. The fourth-order valence-electron chi connectivity index (χ4n) is 2.05. The fraction of sp³-hybridized carbons (Fsp3) is 0.0769. The molecule has 3 aromatic rings. The van der Waals surface area contributed by atoms with Crippen molar-refractivity contribution >= 4 is 39.2 Å². The third-order valence-corrected chi connectivity index (χ3v) is 3.06. The van der Waals surface area contributed by atoms with Crippen LogP contribution < -0.4 is 0 Å². The van der Waals surface area contributed by atoms with Crippen molar-refractivity contribution < 1.29 is 4.79 Å². The average Bonchev–Trinajstić information content (AvgIpc) is 2.76. The first-order valence-electron chi connectivity index (χ1n) is 5.26. The van der Waals surface area contributed by atoms with E-state index in [2.05, 4.69) is 9.97 Å². The Balaban J connectivity index is 2.43. The summed E-state index contributed by atoms with van der Waals surface area (Å²) in [5.41, 5.74) is 2.17. The van der Waals surface area contributed by atoms with Gasteiger partial charge in [0.25, 0.3) is 0 Å². The van der Waals surface area contributed by atoms with Crippen molar-refractivity contribution in [2.24, 2.45) is 0 Å². The van der Waals surface area contributed by atoms with E-state index in [4.69, 9.17) is 11.6 Å². The zero-order valence-corrected chi connectivity index (χ0v) is 9.66. The van der Waals surface area contributed by atoms with Crippen molar-refractivity contribution in [1.29, 1.82) is 0 Å². The maximum Gasteiger partial charge on any atom is 0.198 e. The molecule has 0 amide bonds. The van der Waals surface area contributed by atoms with Crippen LogP contribution in [0.15, 0.2) is 36.5 Å². The number of para-hydroxylation sites is 1. The Morgan fingerprint density at radius 3 is 2.88 bits per heavy atom. The van der Waals surface area contributed by atoms with Crippen molar-refractivity contribution in [3.05, 3.63) is 42.2 Å².